The van der Waals surface area contributed by atoms with Gasteiger partial charge in [0.1, 0.15) is 33.3 Å². The highest BCUT2D eigenvalue weighted by Gasteiger charge is 2.33. The zero-order valence-electron chi connectivity index (χ0n) is 62.8. The van der Waals surface area contributed by atoms with Crippen LogP contribution in [-0.4, -0.2) is 67.3 Å². The van der Waals surface area contributed by atoms with Crippen molar-refractivity contribution >= 4 is 166 Å². The van der Waals surface area contributed by atoms with Crippen LogP contribution >= 0.6 is 0 Å². The van der Waals surface area contributed by atoms with Gasteiger partial charge in [0.25, 0.3) is 17.7 Å². The summed E-state index contributed by atoms with van der Waals surface area (Å²) in [6, 6.07) is 71.8. The molecule has 15 heteroatoms. The van der Waals surface area contributed by atoms with E-state index < -0.39 is 34.0 Å². The lowest BCUT2D eigenvalue weighted by Crippen LogP contribution is -2.40. The minimum atomic E-state index is -0.458. The first-order chi connectivity index (χ1) is 53.6. The van der Waals surface area contributed by atoms with Crippen LogP contribution in [0.3, 0.4) is 0 Å². The van der Waals surface area contributed by atoms with Crippen LogP contribution < -0.4 is 14.7 Å². The number of nitrogens with zero attached hydrogens (tertiary/aromatic N) is 9. The Morgan fingerprint density at radius 2 is 0.559 bits per heavy atom. The van der Waals surface area contributed by atoms with Crippen LogP contribution in [0.1, 0.15) is 93.4 Å². The summed E-state index contributed by atoms with van der Waals surface area (Å²) in [5.41, 5.74) is 15.4. The van der Waals surface area contributed by atoms with Gasteiger partial charge in [-0.2, -0.15) is 0 Å². The molecule has 0 saturated heterocycles. The molecule has 3 amide bonds. The predicted molar refractivity (Wildman–Crippen MR) is 449 cm³/mol. The van der Waals surface area contributed by atoms with Gasteiger partial charge in [-0.3, -0.25) is 44.3 Å². The van der Waals surface area contributed by atoms with E-state index in [1.807, 2.05) is 164 Å². The summed E-state index contributed by atoms with van der Waals surface area (Å²) in [7, 11) is 0. The second-order valence-corrected chi connectivity index (χ2v) is 32.8. The van der Waals surface area contributed by atoms with Crippen molar-refractivity contribution in [2.45, 2.75) is 62.3 Å². The van der Waals surface area contributed by atoms with Crippen LogP contribution in [0.2, 0.25) is 0 Å². The smallest absolute Gasteiger partial charge is 0.258 e. The fourth-order valence-corrected chi connectivity index (χ4v) is 16.2. The van der Waals surface area contributed by atoms with Crippen LogP contribution in [0.25, 0.3) is 165 Å². The van der Waals surface area contributed by atoms with E-state index in [0.29, 0.717) is 33.8 Å². The maximum atomic E-state index is 16.4. The van der Waals surface area contributed by atoms with Crippen molar-refractivity contribution in [1.29, 1.82) is 0 Å². The van der Waals surface area contributed by atoms with Gasteiger partial charge in [-0.1, -0.05) is 190 Å². The van der Waals surface area contributed by atoms with Gasteiger partial charge in [-0.15, -0.1) is 0 Å². The van der Waals surface area contributed by atoms with Crippen molar-refractivity contribution in [3.63, 3.8) is 0 Å². The van der Waals surface area contributed by atoms with Crippen molar-refractivity contribution in [3.05, 3.63) is 272 Å². The van der Waals surface area contributed by atoms with E-state index in [-0.39, 0.29) is 36.3 Å². The Kier molecular flexibility index (Phi) is 15.8. The van der Waals surface area contributed by atoms with Gasteiger partial charge in [0.05, 0.1) is 52.2 Å². The van der Waals surface area contributed by atoms with E-state index in [1.165, 1.54) is 0 Å². The number of furan rings is 3. The fraction of sp³-hybridized carbons (Fsp3) is 0.156. The lowest BCUT2D eigenvalue weighted by Gasteiger charge is -2.32. The molecular weight excluding hydrogens is 1380 g/mol. The van der Waals surface area contributed by atoms with Gasteiger partial charge in [-0.25, -0.2) is 0 Å². The lowest BCUT2D eigenvalue weighted by atomic mass is 9.93. The van der Waals surface area contributed by atoms with Crippen molar-refractivity contribution in [1.82, 2.24) is 29.9 Å². The van der Waals surface area contributed by atoms with Crippen LogP contribution in [0.4, 0.5) is 17.1 Å². The van der Waals surface area contributed by atoms with Gasteiger partial charge >= 0.3 is 0 Å². The molecule has 15 nitrogen and oxygen atoms in total. The van der Waals surface area contributed by atoms with Gasteiger partial charge in [-0.05, 0) is 140 Å². The quantitative estimate of drug-likeness (QED) is 0.106. The van der Waals surface area contributed by atoms with Crippen molar-refractivity contribution in [3.8, 4) is 33.4 Å². The first kappa shape index (κ1) is 68.0. The molecular formula is C96H75N9O6. The van der Waals surface area contributed by atoms with Crippen LogP contribution in [0, 0.1) is 16.2 Å². The molecule has 0 saturated carbocycles. The topological polar surface area (TPSA) is 178 Å². The third-order valence-electron chi connectivity index (χ3n) is 21.0. The molecule has 0 aliphatic rings. The molecule has 19 rings (SSSR count). The van der Waals surface area contributed by atoms with E-state index in [2.05, 4.69) is 117 Å². The molecule has 0 aliphatic heterocycles. The van der Waals surface area contributed by atoms with E-state index in [9.17, 15) is 0 Å². The zero-order chi connectivity index (χ0) is 75.9. The molecule has 111 heavy (non-hydrogen) atoms. The van der Waals surface area contributed by atoms with Gasteiger partial charge in [0.15, 0.2) is 16.7 Å². The highest BCUT2D eigenvalue weighted by atomic mass is 16.3. The summed E-state index contributed by atoms with van der Waals surface area (Å²) >= 11 is 0. The molecule has 0 aliphatic carbocycles. The molecule has 9 aromatic heterocycles. The number of benzene rings is 10. The first-order valence-electron chi connectivity index (χ1n) is 37.5. The molecule has 0 radical (unpaired) electrons. The van der Waals surface area contributed by atoms with E-state index in [0.717, 1.165) is 148 Å². The van der Waals surface area contributed by atoms with E-state index >= 15 is 14.4 Å². The van der Waals surface area contributed by atoms with Crippen LogP contribution in [0.15, 0.2) is 269 Å². The normalized spacial score (nSPS) is 12.4. The van der Waals surface area contributed by atoms with Crippen LogP contribution in [0.5, 0.6) is 0 Å². The molecule has 0 bridgehead atoms. The lowest BCUT2D eigenvalue weighted by molar-refractivity contribution is 0.0977. The average Bonchev–Trinajstić information content (AvgIpc) is 1.67. The highest BCUT2D eigenvalue weighted by Crippen LogP contribution is 2.45. The Hall–Kier alpha value is -13.5. The first-order valence-corrected chi connectivity index (χ1v) is 37.5. The van der Waals surface area contributed by atoms with E-state index in [4.69, 9.17) is 43.2 Å². The standard InChI is InChI=1S/C96H75N9O6/c1-94(2,3)52-103(61-46-55-31-34-67-64(22-16-25-70(67)82(55)100-49-61)73-37-40-97-85-76-19-10-13-28-79(76)109-88(73)85)91(106)58-43-59(92(107)104(53-95(4,5)6)62-47-56-32-35-68-65(23-17-26-71(68)83(56)101-50-62)74-38-41-98-86-77-20-11-14-29-80(77)110-89(74)86)45-60(44-58)93(108)105(54-96(7,8)9)63-48-57-33-36-69-66(24-18-27-72(69)84(57)102-51-63)75-39-42-99-87-78-21-12-15-30-81(78)111-90(75)87/h10-51H,52-54H2,1-9H3. The van der Waals surface area contributed by atoms with Gasteiger partial charge < -0.3 is 28.0 Å². The van der Waals surface area contributed by atoms with Crippen molar-refractivity contribution in [2.24, 2.45) is 16.2 Å². The summed E-state index contributed by atoms with van der Waals surface area (Å²) in [6.45, 7) is 19.5. The molecule has 0 spiro atoms. The third-order valence-corrected chi connectivity index (χ3v) is 21.0. The summed E-state index contributed by atoms with van der Waals surface area (Å²) in [5, 5.41) is 11.0. The number of amides is 3. The number of hydrogen-bond acceptors (Lipinski definition) is 12. The number of anilines is 3. The summed E-state index contributed by atoms with van der Waals surface area (Å²) in [4.78, 5) is 84.2. The third kappa shape index (κ3) is 11.9. The molecule has 10 aromatic carbocycles. The number of carbonyl (C=O) groups is 3. The Bertz CT molecular complexity index is 6450. The minimum Gasteiger partial charge on any atom is -0.454 e. The largest absolute Gasteiger partial charge is 0.454 e. The Balaban J connectivity index is 0.732. The predicted octanol–water partition coefficient (Wildman–Crippen LogP) is 23.8. The zero-order valence-corrected chi connectivity index (χ0v) is 62.8. The molecule has 0 unspecified atom stereocenters. The molecule has 0 fully saturated rings. The number of fused-ring (bicyclic) bond motifs is 18. The average molecular weight is 1450 g/mol. The SMILES string of the molecule is CC(C)(C)CN(C(=O)c1cc(C(=O)N(CC(C)(C)C)c2cnc3c(ccc4c(-c5ccnc6c5oc5ccccc56)cccc43)c2)cc(C(=O)N(CC(C)(C)C)c2cnc3c(ccc4c(-c5ccnc6c5oc5ccccc56)cccc43)c2)c1)c1cnc2c(ccc3c(-c4ccnc5c4oc4ccccc45)cccc32)c1. The van der Waals surface area contributed by atoms with Crippen molar-refractivity contribution < 1.29 is 27.6 Å². The molecule has 0 N–H and O–H groups in total. The highest BCUT2D eigenvalue weighted by molar-refractivity contribution is 6.21. The number of aromatic nitrogens is 6. The minimum absolute atomic E-state index is 0.137. The summed E-state index contributed by atoms with van der Waals surface area (Å²) in [5.74, 6) is -1.27. The molecule has 0 atom stereocenters. The van der Waals surface area contributed by atoms with Gasteiger partial charge in [0, 0.05) is 120 Å². The second kappa shape index (κ2) is 25.8. The monoisotopic (exact) mass is 1450 g/mol. The Labute approximate surface area is 638 Å². The maximum absolute atomic E-state index is 16.4. The number of carbonyl (C=O) groups excluding carboxylic acids is 3. The second-order valence-electron chi connectivity index (χ2n) is 32.8. The molecule has 19 aromatic rings. The maximum Gasteiger partial charge on any atom is 0.258 e. The Morgan fingerprint density at radius 3 is 0.847 bits per heavy atom. The van der Waals surface area contributed by atoms with E-state index in [1.54, 1.807) is 51.5 Å². The number of hydrogen-bond donors (Lipinski definition) is 0. The summed E-state index contributed by atoms with van der Waals surface area (Å²) < 4.78 is 19.5. The van der Waals surface area contributed by atoms with Crippen molar-refractivity contribution in [2.75, 3.05) is 34.3 Å². The number of pyridine rings is 6. The number of para-hydroxylation sites is 3. The van der Waals surface area contributed by atoms with Crippen LogP contribution in [-0.2, 0) is 0 Å². The molecule has 9 heterocycles. The number of rotatable bonds is 12. The van der Waals surface area contributed by atoms with Gasteiger partial charge in [0.2, 0.25) is 0 Å². The molecule has 540 valence electrons. The fourth-order valence-electron chi connectivity index (χ4n) is 16.2. The Morgan fingerprint density at radius 1 is 0.279 bits per heavy atom. The summed E-state index contributed by atoms with van der Waals surface area (Å²) in [6.07, 6.45) is 10.7.